The van der Waals surface area contributed by atoms with Crippen LogP contribution in [-0.4, -0.2) is 65.7 Å². The molecule has 0 radical (unpaired) electrons. The normalized spacial score (nSPS) is 28.5. The van der Waals surface area contributed by atoms with Gasteiger partial charge < -0.3 is 14.7 Å². The Balaban J connectivity index is 1.30. The molecule has 2 atom stereocenters. The van der Waals surface area contributed by atoms with Gasteiger partial charge in [-0.25, -0.2) is 0 Å². The molecule has 0 bridgehead atoms. The van der Waals surface area contributed by atoms with E-state index in [9.17, 15) is 9.90 Å². The molecule has 3 fully saturated rings. The molecule has 154 valence electrons. The molecule has 1 N–H and O–H groups in total. The lowest BCUT2D eigenvalue weighted by Gasteiger charge is -2.51. The zero-order chi connectivity index (χ0) is 19.6. The van der Waals surface area contributed by atoms with Crippen molar-refractivity contribution in [3.63, 3.8) is 0 Å². The van der Waals surface area contributed by atoms with Gasteiger partial charge in [-0.2, -0.15) is 0 Å². The number of carbonyl (C=O) groups is 1. The molecule has 5 heteroatoms. The third-order valence-corrected chi connectivity index (χ3v) is 7.14. The standard InChI is InChI=1S/C23H34N2O3/c1-2-18-6-3-4-9-21(18)28-15-14-24-12-10-23(27)11-13-25(17-20(23)16-24)22(26)19-7-5-8-19/h3-4,6,9,19-20,27H,2,5,7-8,10-17H2,1H3/t20-,23-/m0/s1. The predicted molar refractivity (Wildman–Crippen MR) is 109 cm³/mol. The van der Waals surface area contributed by atoms with Crippen molar-refractivity contribution in [3.05, 3.63) is 29.8 Å². The van der Waals surface area contributed by atoms with Gasteiger partial charge in [0, 0.05) is 44.6 Å². The summed E-state index contributed by atoms with van der Waals surface area (Å²) in [7, 11) is 0. The number of fused-ring (bicyclic) bond motifs is 1. The molecule has 0 spiro atoms. The first-order valence-corrected chi connectivity index (χ1v) is 11.0. The van der Waals surface area contributed by atoms with Crippen LogP contribution in [0.5, 0.6) is 5.75 Å². The van der Waals surface area contributed by atoms with Crippen LogP contribution in [0.2, 0.25) is 0 Å². The highest BCUT2D eigenvalue weighted by Gasteiger charge is 2.46. The molecular formula is C23H34N2O3. The van der Waals surface area contributed by atoms with Crippen LogP contribution in [0.1, 0.15) is 44.6 Å². The monoisotopic (exact) mass is 386 g/mol. The molecule has 3 aliphatic rings. The Hall–Kier alpha value is -1.59. The number of hydrogen-bond acceptors (Lipinski definition) is 4. The lowest BCUT2D eigenvalue weighted by Crippen LogP contribution is -2.61. The van der Waals surface area contributed by atoms with Gasteiger partial charge >= 0.3 is 0 Å². The number of rotatable bonds is 6. The molecule has 0 unspecified atom stereocenters. The molecule has 2 aliphatic heterocycles. The minimum atomic E-state index is -0.595. The summed E-state index contributed by atoms with van der Waals surface area (Å²) >= 11 is 0. The summed E-state index contributed by atoms with van der Waals surface area (Å²) in [4.78, 5) is 17.1. The molecule has 1 saturated carbocycles. The second-order valence-corrected chi connectivity index (χ2v) is 8.82. The van der Waals surface area contributed by atoms with Gasteiger partial charge in [0.1, 0.15) is 12.4 Å². The maximum absolute atomic E-state index is 12.6. The van der Waals surface area contributed by atoms with Gasteiger partial charge in [0.05, 0.1) is 5.60 Å². The van der Waals surface area contributed by atoms with Crippen LogP contribution >= 0.6 is 0 Å². The molecule has 1 amide bonds. The van der Waals surface area contributed by atoms with Gasteiger partial charge in [0.15, 0.2) is 0 Å². The first-order valence-electron chi connectivity index (χ1n) is 11.0. The summed E-state index contributed by atoms with van der Waals surface area (Å²) in [6.45, 7) is 6.86. The second kappa shape index (κ2) is 8.42. The van der Waals surface area contributed by atoms with Crippen molar-refractivity contribution in [2.24, 2.45) is 11.8 Å². The molecule has 28 heavy (non-hydrogen) atoms. The number of aryl methyl sites for hydroxylation is 1. The van der Waals surface area contributed by atoms with Crippen LogP contribution in [0.4, 0.5) is 0 Å². The molecule has 4 rings (SSSR count). The number of amides is 1. The number of carbonyl (C=O) groups excluding carboxylic acids is 1. The Morgan fingerprint density at radius 3 is 2.75 bits per heavy atom. The van der Waals surface area contributed by atoms with Crippen LogP contribution in [-0.2, 0) is 11.2 Å². The second-order valence-electron chi connectivity index (χ2n) is 8.82. The number of benzene rings is 1. The van der Waals surface area contributed by atoms with Gasteiger partial charge in [-0.1, -0.05) is 31.5 Å². The Bertz CT molecular complexity index is 690. The molecule has 2 saturated heterocycles. The van der Waals surface area contributed by atoms with Gasteiger partial charge in [-0.3, -0.25) is 9.69 Å². The lowest BCUT2D eigenvalue weighted by atomic mass is 9.75. The highest BCUT2D eigenvalue weighted by atomic mass is 16.5. The largest absolute Gasteiger partial charge is 0.492 e. The van der Waals surface area contributed by atoms with Crippen LogP contribution in [0.3, 0.4) is 0 Å². The van der Waals surface area contributed by atoms with Crippen LogP contribution < -0.4 is 4.74 Å². The van der Waals surface area contributed by atoms with E-state index in [1.807, 2.05) is 17.0 Å². The van der Waals surface area contributed by atoms with E-state index in [4.69, 9.17) is 4.74 Å². The smallest absolute Gasteiger partial charge is 0.225 e. The van der Waals surface area contributed by atoms with E-state index in [0.29, 0.717) is 19.1 Å². The highest BCUT2D eigenvalue weighted by molar-refractivity contribution is 5.79. The summed E-state index contributed by atoms with van der Waals surface area (Å²) in [6, 6.07) is 8.23. The van der Waals surface area contributed by atoms with E-state index < -0.39 is 5.60 Å². The number of nitrogens with zero attached hydrogens (tertiary/aromatic N) is 2. The Morgan fingerprint density at radius 1 is 1.21 bits per heavy atom. The highest BCUT2D eigenvalue weighted by Crippen LogP contribution is 2.37. The maximum atomic E-state index is 12.6. The van der Waals surface area contributed by atoms with Crippen LogP contribution in [0, 0.1) is 11.8 Å². The number of piperidine rings is 2. The predicted octanol–water partition coefficient (Wildman–Crippen LogP) is 2.71. The topological polar surface area (TPSA) is 53.0 Å². The van der Waals surface area contributed by atoms with Crippen molar-refractivity contribution in [1.29, 1.82) is 0 Å². The average molecular weight is 387 g/mol. The quantitative estimate of drug-likeness (QED) is 0.817. The van der Waals surface area contributed by atoms with Crippen molar-refractivity contribution in [3.8, 4) is 5.75 Å². The van der Waals surface area contributed by atoms with Crippen molar-refractivity contribution >= 4 is 5.91 Å². The molecule has 1 aliphatic carbocycles. The summed E-state index contributed by atoms with van der Waals surface area (Å²) < 4.78 is 6.04. The first-order chi connectivity index (χ1) is 13.6. The van der Waals surface area contributed by atoms with E-state index in [0.717, 1.165) is 64.0 Å². The van der Waals surface area contributed by atoms with Gasteiger partial charge in [0.2, 0.25) is 5.91 Å². The van der Waals surface area contributed by atoms with E-state index in [1.165, 1.54) is 12.0 Å². The molecule has 2 heterocycles. The molecule has 1 aromatic rings. The fourth-order valence-corrected chi connectivity index (χ4v) is 4.91. The minimum Gasteiger partial charge on any atom is -0.492 e. The van der Waals surface area contributed by atoms with Crippen molar-refractivity contribution < 1.29 is 14.6 Å². The number of likely N-dealkylation sites (tertiary alicyclic amines) is 2. The maximum Gasteiger partial charge on any atom is 0.225 e. The van der Waals surface area contributed by atoms with E-state index >= 15 is 0 Å². The molecule has 5 nitrogen and oxygen atoms in total. The van der Waals surface area contributed by atoms with Gasteiger partial charge in [-0.05, 0) is 43.7 Å². The van der Waals surface area contributed by atoms with E-state index in [1.54, 1.807) is 0 Å². The lowest BCUT2D eigenvalue weighted by molar-refractivity contribution is -0.152. The van der Waals surface area contributed by atoms with Crippen molar-refractivity contribution in [2.75, 3.05) is 39.3 Å². The van der Waals surface area contributed by atoms with Crippen LogP contribution in [0.25, 0.3) is 0 Å². The Labute approximate surface area is 168 Å². The van der Waals surface area contributed by atoms with Gasteiger partial charge in [0.25, 0.3) is 0 Å². The Morgan fingerprint density at radius 2 is 2.00 bits per heavy atom. The fourth-order valence-electron chi connectivity index (χ4n) is 4.91. The summed E-state index contributed by atoms with van der Waals surface area (Å²) in [5.74, 6) is 1.71. The number of para-hydroxylation sites is 1. The Kier molecular flexibility index (Phi) is 5.93. The third-order valence-electron chi connectivity index (χ3n) is 7.14. The third kappa shape index (κ3) is 4.06. The summed E-state index contributed by atoms with van der Waals surface area (Å²) in [5, 5.41) is 11.1. The summed E-state index contributed by atoms with van der Waals surface area (Å²) in [6.07, 6.45) is 5.78. The number of hydrogen-bond donors (Lipinski definition) is 1. The van der Waals surface area contributed by atoms with Crippen LogP contribution in [0.15, 0.2) is 24.3 Å². The summed E-state index contributed by atoms with van der Waals surface area (Å²) in [5.41, 5.74) is 0.649. The SMILES string of the molecule is CCc1ccccc1OCCN1CC[C@]2(O)CCN(C(=O)C3CCC3)C[C@@H]2C1. The van der Waals surface area contributed by atoms with Crippen molar-refractivity contribution in [2.45, 2.75) is 51.0 Å². The van der Waals surface area contributed by atoms with Gasteiger partial charge in [-0.15, -0.1) is 0 Å². The van der Waals surface area contributed by atoms with Crippen molar-refractivity contribution in [1.82, 2.24) is 9.80 Å². The first kappa shape index (κ1) is 19.7. The molecule has 1 aromatic carbocycles. The number of ether oxygens (including phenoxy) is 1. The zero-order valence-corrected chi connectivity index (χ0v) is 17.1. The average Bonchev–Trinajstić information content (AvgIpc) is 2.66. The molecular weight excluding hydrogens is 352 g/mol. The fraction of sp³-hybridized carbons (Fsp3) is 0.696. The van der Waals surface area contributed by atoms with E-state index in [-0.39, 0.29) is 11.8 Å². The van der Waals surface area contributed by atoms with E-state index in [2.05, 4.69) is 24.0 Å². The molecule has 0 aromatic heterocycles. The zero-order valence-electron chi connectivity index (χ0n) is 17.1. The number of aliphatic hydroxyl groups is 1. The minimum absolute atomic E-state index is 0.155.